The Morgan fingerprint density at radius 1 is 1.00 bits per heavy atom. The van der Waals surface area contributed by atoms with Crippen LogP contribution in [0.1, 0.15) is 84.0 Å². The maximum atomic E-state index is 11.9. The van der Waals surface area contributed by atoms with Gasteiger partial charge in [0.1, 0.15) is 5.78 Å². The molecule has 0 radical (unpaired) electrons. The maximum Gasteiger partial charge on any atom is 0.136 e. The Hall–Kier alpha value is -0.370. The third-order valence-electron chi connectivity index (χ3n) is 4.21. The van der Waals surface area contributed by atoms with Crippen molar-refractivity contribution in [2.24, 2.45) is 11.7 Å². The van der Waals surface area contributed by atoms with Crippen LogP contribution in [0.4, 0.5) is 0 Å². The van der Waals surface area contributed by atoms with Crippen LogP contribution in [0.25, 0.3) is 0 Å². The Bertz CT molecular complexity index is 227. The van der Waals surface area contributed by atoms with E-state index in [1.54, 1.807) is 0 Å². The molecule has 0 heterocycles. The second kappa shape index (κ2) is 9.55. The first kappa shape index (κ1) is 15.7. The van der Waals surface area contributed by atoms with Gasteiger partial charge in [0, 0.05) is 18.4 Å². The van der Waals surface area contributed by atoms with Crippen molar-refractivity contribution in [2.75, 3.05) is 0 Å². The molecule has 1 fully saturated rings. The molecule has 0 bridgehead atoms. The van der Waals surface area contributed by atoms with E-state index >= 15 is 0 Å². The van der Waals surface area contributed by atoms with E-state index in [-0.39, 0.29) is 6.04 Å². The molecule has 2 heteroatoms. The minimum atomic E-state index is 0.289. The van der Waals surface area contributed by atoms with Crippen LogP contribution in [-0.2, 0) is 4.79 Å². The predicted octanol–water partition coefficient (Wildman–Crippen LogP) is 4.21. The molecule has 1 aliphatic carbocycles. The largest absolute Gasteiger partial charge is 0.328 e. The third-order valence-corrected chi connectivity index (χ3v) is 4.21. The van der Waals surface area contributed by atoms with Crippen molar-refractivity contribution in [3.63, 3.8) is 0 Å². The normalized spacial score (nSPS) is 23.4. The van der Waals surface area contributed by atoms with E-state index in [0.717, 1.165) is 32.1 Å². The van der Waals surface area contributed by atoms with Crippen LogP contribution in [0.5, 0.6) is 0 Å². The van der Waals surface area contributed by atoms with Gasteiger partial charge in [-0.05, 0) is 25.7 Å². The minimum absolute atomic E-state index is 0.289. The van der Waals surface area contributed by atoms with Crippen LogP contribution in [0.15, 0.2) is 0 Å². The zero-order valence-corrected chi connectivity index (χ0v) is 12.1. The van der Waals surface area contributed by atoms with Crippen LogP contribution in [0.2, 0.25) is 0 Å². The lowest BCUT2D eigenvalue weighted by Gasteiger charge is -2.08. The number of carbonyl (C=O) groups is 1. The standard InChI is InChI=1S/C16H31NO/c1-2-3-4-5-6-7-8-9-10-16(18)14-11-12-15(17)13-14/h14-15H,2-13,17H2,1H3. The third kappa shape index (κ3) is 6.53. The highest BCUT2D eigenvalue weighted by Gasteiger charge is 2.26. The molecule has 1 rings (SSSR count). The van der Waals surface area contributed by atoms with Crippen molar-refractivity contribution in [3.8, 4) is 0 Å². The number of Topliss-reactive ketones (excluding diaryl/α,β-unsaturated/α-hetero) is 1. The number of hydrogen-bond donors (Lipinski definition) is 1. The van der Waals surface area contributed by atoms with Crippen LogP contribution in [0, 0.1) is 5.92 Å². The molecular formula is C16H31NO. The Morgan fingerprint density at radius 2 is 1.61 bits per heavy atom. The SMILES string of the molecule is CCCCCCCCCCC(=O)C1CCC(N)C1. The van der Waals surface area contributed by atoms with Crippen LogP contribution >= 0.6 is 0 Å². The quantitative estimate of drug-likeness (QED) is 0.592. The molecule has 2 atom stereocenters. The average Bonchev–Trinajstić information content (AvgIpc) is 2.79. The van der Waals surface area contributed by atoms with Crippen molar-refractivity contribution in [1.29, 1.82) is 0 Å². The first-order valence-electron chi connectivity index (χ1n) is 8.02. The number of rotatable bonds is 10. The first-order valence-corrected chi connectivity index (χ1v) is 8.02. The summed E-state index contributed by atoms with van der Waals surface area (Å²) < 4.78 is 0. The predicted molar refractivity (Wildman–Crippen MR) is 77.6 cm³/mol. The Balaban J connectivity index is 1.90. The smallest absolute Gasteiger partial charge is 0.136 e. The maximum absolute atomic E-state index is 11.9. The van der Waals surface area contributed by atoms with Crippen molar-refractivity contribution in [2.45, 2.75) is 90.0 Å². The van der Waals surface area contributed by atoms with E-state index < -0.39 is 0 Å². The molecule has 106 valence electrons. The lowest BCUT2D eigenvalue weighted by Crippen LogP contribution is -2.17. The van der Waals surface area contributed by atoms with Crippen molar-refractivity contribution in [3.05, 3.63) is 0 Å². The van der Waals surface area contributed by atoms with Crippen LogP contribution in [-0.4, -0.2) is 11.8 Å². The summed E-state index contributed by atoms with van der Waals surface area (Å²) in [7, 11) is 0. The second-order valence-corrected chi connectivity index (χ2v) is 5.96. The lowest BCUT2D eigenvalue weighted by atomic mass is 9.97. The number of carbonyl (C=O) groups excluding carboxylic acids is 1. The Morgan fingerprint density at radius 3 is 2.17 bits per heavy atom. The van der Waals surface area contributed by atoms with E-state index in [1.165, 1.54) is 44.9 Å². The van der Waals surface area contributed by atoms with Crippen molar-refractivity contribution >= 4 is 5.78 Å². The Kier molecular flexibility index (Phi) is 8.32. The fraction of sp³-hybridized carbons (Fsp3) is 0.938. The van der Waals surface area contributed by atoms with Gasteiger partial charge in [0.25, 0.3) is 0 Å². The fourth-order valence-corrected chi connectivity index (χ4v) is 2.95. The van der Waals surface area contributed by atoms with Gasteiger partial charge in [0.2, 0.25) is 0 Å². The molecule has 18 heavy (non-hydrogen) atoms. The molecule has 2 N–H and O–H groups in total. The van der Waals surface area contributed by atoms with Gasteiger partial charge >= 0.3 is 0 Å². The van der Waals surface area contributed by atoms with Gasteiger partial charge in [0.05, 0.1) is 0 Å². The molecule has 0 aliphatic heterocycles. The fourth-order valence-electron chi connectivity index (χ4n) is 2.95. The van der Waals surface area contributed by atoms with Gasteiger partial charge in [-0.3, -0.25) is 4.79 Å². The zero-order chi connectivity index (χ0) is 13.2. The number of hydrogen-bond acceptors (Lipinski definition) is 2. The van der Waals surface area contributed by atoms with Gasteiger partial charge in [-0.2, -0.15) is 0 Å². The highest BCUT2D eigenvalue weighted by atomic mass is 16.1. The topological polar surface area (TPSA) is 43.1 Å². The molecular weight excluding hydrogens is 222 g/mol. The molecule has 2 nitrogen and oxygen atoms in total. The summed E-state index contributed by atoms with van der Waals surface area (Å²) in [5.41, 5.74) is 5.84. The average molecular weight is 253 g/mol. The number of nitrogens with two attached hydrogens (primary N) is 1. The van der Waals surface area contributed by atoms with Crippen molar-refractivity contribution in [1.82, 2.24) is 0 Å². The van der Waals surface area contributed by atoms with E-state index in [1.807, 2.05) is 0 Å². The summed E-state index contributed by atoms with van der Waals surface area (Å²) in [5, 5.41) is 0. The molecule has 1 aliphatic rings. The summed E-state index contributed by atoms with van der Waals surface area (Å²) >= 11 is 0. The van der Waals surface area contributed by atoms with Gasteiger partial charge in [-0.1, -0.05) is 51.9 Å². The zero-order valence-electron chi connectivity index (χ0n) is 12.1. The van der Waals surface area contributed by atoms with E-state index in [0.29, 0.717) is 11.7 Å². The highest BCUT2D eigenvalue weighted by molar-refractivity contribution is 5.81. The number of unbranched alkanes of at least 4 members (excludes halogenated alkanes) is 7. The monoisotopic (exact) mass is 253 g/mol. The van der Waals surface area contributed by atoms with Crippen LogP contribution in [0.3, 0.4) is 0 Å². The summed E-state index contributed by atoms with van der Waals surface area (Å²) in [6.45, 7) is 2.25. The number of ketones is 1. The van der Waals surface area contributed by atoms with E-state index in [2.05, 4.69) is 6.92 Å². The van der Waals surface area contributed by atoms with Crippen LogP contribution < -0.4 is 5.73 Å². The minimum Gasteiger partial charge on any atom is -0.328 e. The van der Waals surface area contributed by atoms with Gasteiger partial charge in [-0.25, -0.2) is 0 Å². The molecule has 0 saturated heterocycles. The molecule has 1 saturated carbocycles. The summed E-state index contributed by atoms with van der Waals surface area (Å²) in [4.78, 5) is 11.9. The van der Waals surface area contributed by atoms with Gasteiger partial charge in [-0.15, -0.1) is 0 Å². The molecule has 0 spiro atoms. The van der Waals surface area contributed by atoms with Gasteiger partial charge < -0.3 is 5.73 Å². The Labute approximate surface area is 113 Å². The van der Waals surface area contributed by atoms with Gasteiger partial charge in [0.15, 0.2) is 0 Å². The highest BCUT2D eigenvalue weighted by Crippen LogP contribution is 2.26. The summed E-state index contributed by atoms with van der Waals surface area (Å²) in [5.74, 6) is 0.776. The molecule has 0 aromatic heterocycles. The van der Waals surface area contributed by atoms with E-state index in [4.69, 9.17) is 5.73 Å². The van der Waals surface area contributed by atoms with E-state index in [9.17, 15) is 4.79 Å². The summed E-state index contributed by atoms with van der Waals surface area (Å²) in [6.07, 6.45) is 14.3. The van der Waals surface area contributed by atoms with Crippen molar-refractivity contribution < 1.29 is 4.79 Å². The summed E-state index contributed by atoms with van der Waals surface area (Å²) in [6, 6.07) is 0.289. The first-order chi connectivity index (χ1) is 8.74. The lowest BCUT2D eigenvalue weighted by molar-refractivity contribution is -0.122. The molecule has 0 aromatic carbocycles. The second-order valence-electron chi connectivity index (χ2n) is 5.96. The molecule has 0 amide bonds. The molecule has 0 aromatic rings. The molecule has 2 unspecified atom stereocenters.